The van der Waals surface area contributed by atoms with Crippen molar-refractivity contribution in [3.8, 4) is 0 Å². The van der Waals surface area contributed by atoms with E-state index in [0.29, 0.717) is 11.8 Å². The maximum Gasteiger partial charge on any atom is 0.230 e. The summed E-state index contributed by atoms with van der Waals surface area (Å²) in [6.45, 7) is 3.81. The molecule has 1 amide bonds. The first-order valence-corrected chi connectivity index (χ1v) is 10.5. The largest absolute Gasteiger partial charge is 0.381 e. The molecule has 0 spiro atoms. The number of allylic oxidation sites excluding steroid dienone is 1. The van der Waals surface area contributed by atoms with E-state index in [1.165, 1.54) is 37.0 Å². The fourth-order valence-electron chi connectivity index (χ4n) is 4.89. The average Bonchev–Trinajstić information content (AvgIpc) is 3.11. The summed E-state index contributed by atoms with van der Waals surface area (Å²) in [4.78, 5) is 16.6. The Kier molecular flexibility index (Phi) is 5.00. The van der Waals surface area contributed by atoms with Gasteiger partial charge in [0.1, 0.15) is 0 Å². The Morgan fingerprint density at radius 2 is 1.87 bits per heavy atom. The number of carbonyl (C=O) groups is 1. The smallest absolute Gasteiger partial charge is 0.230 e. The van der Waals surface area contributed by atoms with Crippen molar-refractivity contribution in [2.45, 2.75) is 44.9 Å². The predicted molar refractivity (Wildman–Crippen MR) is 94.2 cm³/mol. The lowest BCUT2D eigenvalue weighted by Crippen LogP contribution is -2.46. The van der Waals surface area contributed by atoms with Crippen LogP contribution >= 0.6 is 11.8 Å². The van der Waals surface area contributed by atoms with Crippen LogP contribution in [0.2, 0.25) is 0 Å². The summed E-state index contributed by atoms with van der Waals surface area (Å²) < 4.78 is 5.47. The number of ether oxygens (including phenoxy) is 1. The number of piperidine rings is 1. The first-order chi connectivity index (χ1) is 11.3. The Morgan fingerprint density at radius 3 is 2.70 bits per heavy atom. The van der Waals surface area contributed by atoms with Crippen molar-refractivity contribution >= 4 is 17.7 Å². The second-order valence-electron chi connectivity index (χ2n) is 7.75. The summed E-state index contributed by atoms with van der Waals surface area (Å²) in [6, 6.07) is 0. The molecule has 0 aromatic carbocycles. The van der Waals surface area contributed by atoms with Crippen LogP contribution in [-0.2, 0) is 9.53 Å². The summed E-state index contributed by atoms with van der Waals surface area (Å²) in [6.07, 6.45) is 11.3. The SMILES string of the molecule is O=C(C1C=C(C2CCOCC2)SC1)N1CCC2CCCCC2C1. The molecular formula is C19H29NO2S. The van der Waals surface area contributed by atoms with Crippen LogP contribution in [0.15, 0.2) is 11.0 Å². The number of nitrogens with zero attached hydrogens (tertiary/aromatic N) is 1. The van der Waals surface area contributed by atoms with Crippen LogP contribution < -0.4 is 0 Å². The number of hydrogen-bond acceptors (Lipinski definition) is 3. The number of carbonyl (C=O) groups excluding carboxylic acids is 1. The predicted octanol–water partition coefficient (Wildman–Crippen LogP) is 3.70. The maximum atomic E-state index is 12.9. The summed E-state index contributed by atoms with van der Waals surface area (Å²) in [5.74, 6) is 3.85. The maximum absolute atomic E-state index is 12.9. The monoisotopic (exact) mass is 335 g/mol. The third-order valence-electron chi connectivity index (χ3n) is 6.34. The molecule has 3 heterocycles. The lowest BCUT2D eigenvalue weighted by molar-refractivity contribution is -0.136. The van der Waals surface area contributed by atoms with E-state index in [0.717, 1.165) is 56.7 Å². The molecule has 0 radical (unpaired) electrons. The number of likely N-dealkylation sites (tertiary alicyclic amines) is 1. The normalized spacial score (nSPS) is 35.7. The Bertz CT molecular complexity index is 472. The van der Waals surface area contributed by atoms with Crippen LogP contribution in [0.5, 0.6) is 0 Å². The van der Waals surface area contributed by atoms with Gasteiger partial charge in [-0.05, 0) is 48.3 Å². The van der Waals surface area contributed by atoms with Crippen LogP contribution in [-0.4, -0.2) is 42.9 Å². The van der Waals surface area contributed by atoms with Gasteiger partial charge in [0, 0.05) is 32.1 Å². The van der Waals surface area contributed by atoms with Crippen molar-refractivity contribution in [2.24, 2.45) is 23.7 Å². The molecule has 3 nitrogen and oxygen atoms in total. The molecule has 128 valence electrons. The molecule has 2 saturated heterocycles. The first-order valence-electron chi connectivity index (χ1n) is 9.52. The van der Waals surface area contributed by atoms with E-state index in [4.69, 9.17) is 4.74 Å². The van der Waals surface area contributed by atoms with Gasteiger partial charge in [-0.2, -0.15) is 0 Å². The zero-order valence-corrected chi connectivity index (χ0v) is 14.9. The minimum atomic E-state index is 0.137. The van der Waals surface area contributed by atoms with Gasteiger partial charge in [0.2, 0.25) is 5.91 Å². The molecule has 0 aromatic heterocycles. The van der Waals surface area contributed by atoms with Gasteiger partial charge in [0.05, 0.1) is 5.92 Å². The highest BCUT2D eigenvalue weighted by Crippen LogP contribution is 2.41. The Morgan fingerprint density at radius 1 is 1.09 bits per heavy atom. The summed E-state index contributed by atoms with van der Waals surface area (Å²) in [7, 11) is 0. The van der Waals surface area contributed by atoms with E-state index in [1.54, 1.807) is 0 Å². The van der Waals surface area contributed by atoms with Gasteiger partial charge in [-0.25, -0.2) is 0 Å². The molecule has 3 atom stereocenters. The van der Waals surface area contributed by atoms with Gasteiger partial charge >= 0.3 is 0 Å². The van der Waals surface area contributed by atoms with Crippen molar-refractivity contribution in [2.75, 3.05) is 32.1 Å². The van der Waals surface area contributed by atoms with Crippen LogP contribution in [0, 0.1) is 23.7 Å². The molecule has 4 aliphatic rings. The van der Waals surface area contributed by atoms with E-state index >= 15 is 0 Å². The fraction of sp³-hybridized carbons (Fsp3) is 0.842. The van der Waals surface area contributed by atoms with Crippen molar-refractivity contribution in [3.63, 3.8) is 0 Å². The molecule has 3 aliphatic heterocycles. The molecular weight excluding hydrogens is 306 g/mol. The molecule has 0 aromatic rings. The molecule has 3 fully saturated rings. The van der Waals surface area contributed by atoms with Crippen LogP contribution in [0.1, 0.15) is 44.9 Å². The van der Waals surface area contributed by atoms with Crippen molar-refractivity contribution in [1.82, 2.24) is 4.90 Å². The Hall–Kier alpha value is -0.480. The molecule has 4 heteroatoms. The third kappa shape index (κ3) is 3.48. The Balaban J connectivity index is 1.36. The number of fused-ring (bicyclic) bond motifs is 1. The van der Waals surface area contributed by atoms with Gasteiger partial charge in [-0.3, -0.25) is 4.79 Å². The van der Waals surface area contributed by atoms with Crippen molar-refractivity contribution < 1.29 is 9.53 Å². The second kappa shape index (κ2) is 7.18. The number of thioether (sulfide) groups is 1. The molecule has 0 N–H and O–H groups in total. The zero-order chi connectivity index (χ0) is 15.6. The van der Waals surface area contributed by atoms with E-state index in [-0.39, 0.29) is 5.92 Å². The van der Waals surface area contributed by atoms with Gasteiger partial charge in [-0.1, -0.05) is 25.3 Å². The summed E-state index contributed by atoms with van der Waals surface area (Å²) >= 11 is 1.93. The molecule has 1 saturated carbocycles. The molecule has 0 bridgehead atoms. The summed E-state index contributed by atoms with van der Waals surface area (Å²) in [5.41, 5.74) is 0. The second-order valence-corrected chi connectivity index (χ2v) is 8.84. The van der Waals surface area contributed by atoms with Gasteiger partial charge in [0.25, 0.3) is 0 Å². The molecule has 4 rings (SSSR count). The van der Waals surface area contributed by atoms with E-state index in [9.17, 15) is 4.79 Å². The number of rotatable bonds is 2. The lowest BCUT2D eigenvalue weighted by atomic mass is 9.75. The van der Waals surface area contributed by atoms with Crippen LogP contribution in [0.3, 0.4) is 0 Å². The van der Waals surface area contributed by atoms with Gasteiger partial charge in [0.15, 0.2) is 0 Å². The van der Waals surface area contributed by atoms with Gasteiger partial charge < -0.3 is 9.64 Å². The van der Waals surface area contributed by atoms with Crippen molar-refractivity contribution in [1.29, 1.82) is 0 Å². The fourth-order valence-corrected chi connectivity index (χ4v) is 6.24. The highest BCUT2D eigenvalue weighted by Gasteiger charge is 2.36. The topological polar surface area (TPSA) is 29.5 Å². The minimum Gasteiger partial charge on any atom is -0.381 e. The van der Waals surface area contributed by atoms with Crippen LogP contribution in [0.4, 0.5) is 0 Å². The van der Waals surface area contributed by atoms with E-state index in [1.807, 2.05) is 11.8 Å². The number of hydrogen-bond donors (Lipinski definition) is 0. The zero-order valence-electron chi connectivity index (χ0n) is 14.0. The minimum absolute atomic E-state index is 0.137. The van der Waals surface area contributed by atoms with E-state index < -0.39 is 0 Å². The summed E-state index contributed by atoms with van der Waals surface area (Å²) in [5, 5.41) is 0. The lowest BCUT2D eigenvalue weighted by Gasteiger charge is -2.41. The quantitative estimate of drug-likeness (QED) is 0.771. The van der Waals surface area contributed by atoms with E-state index in [2.05, 4.69) is 11.0 Å². The third-order valence-corrected chi connectivity index (χ3v) is 7.67. The number of amides is 1. The molecule has 23 heavy (non-hydrogen) atoms. The molecule has 1 aliphatic carbocycles. The van der Waals surface area contributed by atoms with Crippen LogP contribution in [0.25, 0.3) is 0 Å². The van der Waals surface area contributed by atoms with Gasteiger partial charge in [-0.15, -0.1) is 11.8 Å². The molecule has 3 unspecified atom stereocenters. The van der Waals surface area contributed by atoms with Crippen molar-refractivity contribution in [3.05, 3.63) is 11.0 Å². The Labute approximate surface area is 144 Å². The first kappa shape index (κ1) is 16.0. The average molecular weight is 336 g/mol. The highest BCUT2D eigenvalue weighted by atomic mass is 32.2. The standard InChI is InChI=1S/C19H29NO2S/c21-19(20-8-5-14-3-1-2-4-16(14)12-20)17-11-18(23-13-17)15-6-9-22-10-7-15/h11,14-17H,1-10,12-13H2. The highest BCUT2D eigenvalue weighted by molar-refractivity contribution is 8.03.